The Morgan fingerprint density at radius 2 is 2.17 bits per heavy atom. The third kappa shape index (κ3) is 5.16. The van der Waals surface area contributed by atoms with Crippen LogP contribution in [0.1, 0.15) is 18.2 Å². The number of halogens is 1. The van der Waals surface area contributed by atoms with Gasteiger partial charge in [0.25, 0.3) is 0 Å². The van der Waals surface area contributed by atoms with Gasteiger partial charge in [-0.15, -0.1) is 0 Å². The van der Waals surface area contributed by atoms with Crippen LogP contribution < -0.4 is 10.5 Å². The Bertz CT molecular complexity index is 1040. The zero-order valence-electron chi connectivity index (χ0n) is 16.0. The molecule has 0 spiro atoms. The summed E-state index contributed by atoms with van der Waals surface area (Å²) in [7, 11) is 0. The first-order valence-electron chi connectivity index (χ1n) is 8.98. The molecule has 0 saturated heterocycles. The maximum Gasteiger partial charge on any atom is 0.213 e. The van der Waals surface area contributed by atoms with Gasteiger partial charge in [0.15, 0.2) is 5.76 Å². The van der Waals surface area contributed by atoms with Crippen LogP contribution in [-0.4, -0.2) is 21.7 Å². The fourth-order valence-electron chi connectivity index (χ4n) is 2.64. The number of nitrogen functional groups attached to an aromatic ring is 1. The molecule has 0 aliphatic rings. The van der Waals surface area contributed by atoms with Crippen molar-refractivity contribution in [1.29, 1.82) is 0 Å². The van der Waals surface area contributed by atoms with Crippen LogP contribution in [0.15, 0.2) is 83.5 Å². The van der Waals surface area contributed by atoms with Crippen molar-refractivity contribution >= 4 is 5.82 Å². The molecule has 0 bridgehead atoms. The van der Waals surface area contributed by atoms with E-state index < -0.39 is 5.83 Å². The molecule has 0 unspecified atom stereocenters. The summed E-state index contributed by atoms with van der Waals surface area (Å²) in [6, 6.07) is 9.04. The molecule has 0 atom stereocenters. The second kappa shape index (κ2) is 9.45. The summed E-state index contributed by atoms with van der Waals surface area (Å²) in [5, 5.41) is 4.08. The quantitative estimate of drug-likeness (QED) is 0.561. The van der Waals surface area contributed by atoms with E-state index in [1.165, 1.54) is 0 Å². The maximum atomic E-state index is 13.7. The van der Waals surface area contributed by atoms with Gasteiger partial charge in [-0.2, -0.15) is 0 Å². The summed E-state index contributed by atoms with van der Waals surface area (Å²) in [6.07, 6.45) is 8.37. The van der Waals surface area contributed by atoms with Crippen molar-refractivity contribution in [3.05, 3.63) is 90.2 Å². The summed E-state index contributed by atoms with van der Waals surface area (Å²) >= 11 is 0. The van der Waals surface area contributed by atoms with Crippen molar-refractivity contribution in [1.82, 2.24) is 15.1 Å². The van der Waals surface area contributed by atoms with Crippen molar-refractivity contribution in [3.63, 3.8) is 0 Å². The van der Waals surface area contributed by atoms with Gasteiger partial charge in [-0.1, -0.05) is 30.0 Å². The molecule has 3 heterocycles. The highest BCUT2D eigenvalue weighted by Gasteiger charge is 2.11. The van der Waals surface area contributed by atoms with E-state index >= 15 is 0 Å². The molecule has 0 fully saturated rings. The topological polar surface area (TPSA) is 87.1 Å². The van der Waals surface area contributed by atoms with Crippen LogP contribution in [-0.2, 0) is 6.42 Å². The summed E-state index contributed by atoms with van der Waals surface area (Å²) in [5.74, 6) is 0.927. The van der Waals surface area contributed by atoms with Gasteiger partial charge in [-0.05, 0) is 30.7 Å². The second-order valence-corrected chi connectivity index (χ2v) is 6.17. The number of aromatic nitrogens is 3. The van der Waals surface area contributed by atoms with Crippen molar-refractivity contribution in [2.24, 2.45) is 0 Å². The average Bonchev–Trinajstić information content (AvgIpc) is 3.20. The lowest BCUT2D eigenvalue weighted by Gasteiger charge is -2.07. The second-order valence-electron chi connectivity index (χ2n) is 6.17. The molecule has 6 nitrogen and oxygen atoms in total. The Morgan fingerprint density at radius 3 is 2.86 bits per heavy atom. The molecule has 0 aliphatic carbocycles. The smallest absolute Gasteiger partial charge is 0.213 e. The summed E-state index contributed by atoms with van der Waals surface area (Å²) < 4.78 is 24.7. The van der Waals surface area contributed by atoms with Crippen LogP contribution in [0.5, 0.6) is 5.88 Å². The van der Waals surface area contributed by atoms with Crippen molar-refractivity contribution in [2.75, 3.05) is 12.3 Å². The molecule has 3 aromatic rings. The van der Waals surface area contributed by atoms with E-state index in [1.54, 1.807) is 43.6 Å². The first-order valence-corrected chi connectivity index (χ1v) is 8.98. The number of hydrogen-bond donors (Lipinski definition) is 1. The molecule has 29 heavy (non-hydrogen) atoms. The van der Waals surface area contributed by atoms with Crippen LogP contribution >= 0.6 is 0 Å². The highest BCUT2D eigenvalue weighted by Crippen LogP contribution is 2.25. The Labute approximate surface area is 168 Å². The molecule has 0 saturated carbocycles. The lowest BCUT2D eigenvalue weighted by molar-refractivity contribution is 0.337. The molecule has 0 amide bonds. The largest absolute Gasteiger partial charge is 0.473 e. The molecule has 0 radical (unpaired) electrons. The minimum Gasteiger partial charge on any atom is -0.473 e. The fourth-order valence-corrected chi connectivity index (χ4v) is 2.64. The number of ether oxygens (including phenoxy) is 1. The Balaban J connectivity index is 1.64. The third-order valence-corrected chi connectivity index (χ3v) is 4.08. The highest BCUT2D eigenvalue weighted by atomic mass is 19.1. The van der Waals surface area contributed by atoms with Gasteiger partial charge in [-0.3, -0.25) is 0 Å². The van der Waals surface area contributed by atoms with Gasteiger partial charge in [0.05, 0.1) is 11.3 Å². The summed E-state index contributed by atoms with van der Waals surface area (Å²) in [6.45, 7) is 5.30. The Kier molecular flexibility index (Phi) is 6.52. The summed E-state index contributed by atoms with van der Waals surface area (Å²) in [4.78, 5) is 8.31. The number of anilines is 1. The van der Waals surface area contributed by atoms with Crippen LogP contribution in [0.3, 0.4) is 0 Å². The zero-order chi connectivity index (χ0) is 20.6. The lowest BCUT2D eigenvalue weighted by Crippen LogP contribution is -2.02. The normalized spacial score (nSPS) is 12.1. The molecule has 7 heteroatoms. The zero-order valence-corrected chi connectivity index (χ0v) is 16.0. The first-order chi connectivity index (χ1) is 14.1. The molecule has 0 aromatic carbocycles. The summed E-state index contributed by atoms with van der Waals surface area (Å²) in [5.41, 5.74) is 8.64. The first kappa shape index (κ1) is 20.0. The van der Waals surface area contributed by atoms with Crippen LogP contribution in [0.4, 0.5) is 10.2 Å². The van der Waals surface area contributed by atoms with Gasteiger partial charge in [0.2, 0.25) is 5.88 Å². The van der Waals surface area contributed by atoms with E-state index in [4.69, 9.17) is 15.0 Å². The molecular weight excluding hydrogens is 371 g/mol. The Morgan fingerprint density at radius 1 is 1.31 bits per heavy atom. The van der Waals surface area contributed by atoms with Gasteiger partial charge in [0, 0.05) is 36.5 Å². The number of rotatable bonds is 8. The molecular formula is C22H21FN4O2. The monoisotopic (exact) mass is 392 g/mol. The molecule has 2 N–H and O–H groups in total. The van der Waals surface area contributed by atoms with E-state index in [0.717, 1.165) is 17.3 Å². The predicted molar refractivity (Wildman–Crippen MR) is 110 cm³/mol. The fraction of sp³-hybridized carbons (Fsp3) is 0.136. The third-order valence-electron chi connectivity index (χ3n) is 4.08. The number of hydrogen-bond acceptors (Lipinski definition) is 6. The van der Waals surface area contributed by atoms with E-state index in [2.05, 4.69) is 21.7 Å². The number of pyridine rings is 2. The van der Waals surface area contributed by atoms with Crippen LogP contribution in [0.2, 0.25) is 0 Å². The number of allylic oxidation sites excluding steroid dienone is 3. The van der Waals surface area contributed by atoms with E-state index in [1.807, 2.05) is 18.2 Å². The molecule has 148 valence electrons. The SMILES string of the molecule is C=C/C(F)=C(\C=C/C)COc1ccc(Cc2cc(-c3cccnc3N)on2)cn1. The van der Waals surface area contributed by atoms with Crippen molar-refractivity contribution in [2.45, 2.75) is 13.3 Å². The van der Waals surface area contributed by atoms with Gasteiger partial charge in [-0.25, -0.2) is 14.4 Å². The van der Waals surface area contributed by atoms with E-state index in [0.29, 0.717) is 35.0 Å². The molecule has 3 aromatic heterocycles. The van der Waals surface area contributed by atoms with Crippen molar-refractivity contribution < 1.29 is 13.7 Å². The maximum absolute atomic E-state index is 13.7. The van der Waals surface area contributed by atoms with E-state index in [9.17, 15) is 4.39 Å². The van der Waals surface area contributed by atoms with Crippen LogP contribution in [0.25, 0.3) is 11.3 Å². The predicted octanol–water partition coefficient (Wildman–Crippen LogP) is 4.67. The van der Waals surface area contributed by atoms with Gasteiger partial charge >= 0.3 is 0 Å². The number of nitrogens with two attached hydrogens (primary N) is 1. The Hall–Kier alpha value is -3.74. The minimum atomic E-state index is -0.421. The van der Waals surface area contributed by atoms with Gasteiger partial charge < -0.3 is 15.0 Å². The van der Waals surface area contributed by atoms with Crippen LogP contribution in [0, 0.1) is 0 Å². The van der Waals surface area contributed by atoms with Crippen molar-refractivity contribution in [3.8, 4) is 17.2 Å². The molecule has 0 aliphatic heterocycles. The average molecular weight is 392 g/mol. The number of nitrogens with zero attached hydrogens (tertiary/aromatic N) is 3. The lowest BCUT2D eigenvalue weighted by atomic mass is 10.1. The van der Waals surface area contributed by atoms with E-state index in [-0.39, 0.29) is 6.61 Å². The molecule has 3 rings (SSSR count). The standard InChI is InChI=1S/C22H21FN4O2/c1-3-6-16(19(23)4-2)14-28-21-9-8-15(13-26-21)11-17-12-20(29-27-17)18-7-5-10-25-22(18)24/h3-10,12-13H,2,11,14H2,1H3,(H2,24,25)/b6-3-,19-16-. The van der Waals surface area contributed by atoms with Gasteiger partial charge in [0.1, 0.15) is 18.3 Å². The minimum absolute atomic E-state index is 0.0632. The highest BCUT2D eigenvalue weighted by molar-refractivity contribution is 5.69.